The molecule has 0 spiro atoms. The van der Waals surface area contributed by atoms with Gasteiger partial charge < -0.3 is 15.6 Å². The summed E-state index contributed by atoms with van der Waals surface area (Å²) < 4.78 is 38.2. The van der Waals surface area contributed by atoms with Crippen LogP contribution in [0, 0.1) is 0 Å². The number of likely N-dealkylation sites (N-methyl/N-ethyl adjacent to an activating group) is 1. The number of hydrogen-bond acceptors (Lipinski definition) is 5. The Kier molecular flexibility index (Phi) is 3.71. The van der Waals surface area contributed by atoms with Gasteiger partial charge in [-0.3, -0.25) is 4.79 Å². The van der Waals surface area contributed by atoms with Gasteiger partial charge in [0, 0.05) is 13.6 Å². The van der Waals surface area contributed by atoms with Crippen LogP contribution in [0.15, 0.2) is 12.1 Å². The predicted molar refractivity (Wildman–Crippen MR) is 66.7 cm³/mol. The number of alkyl halides is 3. The maximum atomic E-state index is 12.7. The molecule has 1 fully saturated rings. The van der Waals surface area contributed by atoms with Gasteiger partial charge in [0.15, 0.2) is 0 Å². The van der Waals surface area contributed by atoms with Crippen molar-refractivity contribution in [3.05, 3.63) is 17.7 Å². The van der Waals surface area contributed by atoms with Crippen molar-refractivity contribution < 1.29 is 18.0 Å². The van der Waals surface area contributed by atoms with Crippen LogP contribution in [-0.2, 0) is 11.0 Å². The van der Waals surface area contributed by atoms with Gasteiger partial charge in [-0.1, -0.05) is 0 Å². The topological polar surface area (TPSA) is 83.3 Å². The number of hydrogen-bond donors (Lipinski definition) is 3. The van der Waals surface area contributed by atoms with E-state index in [0.29, 0.717) is 13.0 Å². The van der Waals surface area contributed by atoms with Crippen molar-refractivity contribution in [3.63, 3.8) is 0 Å². The molecule has 6 nitrogen and oxygen atoms in total. The number of nitrogens with zero attached hydrogens (tertiary/aromatic N) is 2. The molecule has 0 aliphatic carbocycles. The van der Waals surface area contributed by atoms with Gasteiger partial charge in [-0.15, -0.1) is 0 Å². The lowest BCUT2D eigenvalue weighted by Gasteiger charge is -2.15. The molecule has 20 heavy (non-hydrogen) atoms. The number of aromatic nitrogens is 1. The lowest BCUT2D eigenvalue weighted by molar-refractivity contribution is -0.137. The molecule has 2 rings (SSSR count). The maximum Gasteiger partial charge on any atom is 0.416 e. The Bertz CT molecular complexity index is 519. The molecule has 1 unspecified atom stereocenters. The minimum absolute atomic E-state index is 0.0403. The highest BCUT2D eigenvalue weighted by atomic mass is 19.4. The number of carbonyl (C=O) groups excluding carboxylic acids is 1. The molecular formula is C11H14F3N5O. The minimum atomic E-state index is -4.51. The van der Waals surface area contributed by atoms with Gasteiger partial charge in [-0.05, 0) is 18.6 Å². The van der Waals surface area contributed by atoms with Gasteiger partial charge in [0.1, 0.15) is 17.7 Å². The van der Waals surface area contributed by atoms with Gasteiger partial charge >= 0.3 is 6.18 Å². The zero-order valence-corrected chi connectivity index (χ0v) is 10.7. The number of amides is 1. The molecule has 0 aromatic carbocycles. The molecule has 1 atom stereocenters. The van der Waals surface area contributed by atoms with E-state index in [-0.39, 0.29) is 17.5 Å². The van der Waals surface area contributed by atoms with Gasteiger partial charge in [-0.25, -0.2) is 10.8 Å². The van der Waals surface area contributed by atoms with Gasteiger partial charge in [0.25, 0.3) is 0 Å². The number of nitrogens with two attached hydrogens (primary N) is 1. The molecule has 1 aliphatic rings. The highest BCUT2D eigenvalue weighted by Gasteiger charge is 2.33. The average Bonchev–Trinajstić information content (AvgIpc) is 2.69. The molecule has 1 aliphatic heterocycles. The van der Waals surface area contributed by atoms with Crippen molar-refractivity contribution in [1.29, 1.82) is 0 Å². The van der Waals surface area contributed by atoms with Crippen LogP contribution in [0.25, 0.3) is 0 Å². The van der Waals surface area contributed by atoms with E-state index in [0.717, 1.165) is 12.1 Å². The Hall–Kier alpha value is -2.03. The van der Waals surface area contributed by atoms with Crippen molar-refractivity contribution in [1.82, 2.24) is 9.88 Å². The number of rotatable bonds is 3. The average molecular weight is 289 g/mol. The fraction of sp³-hybridized carbons (Fsp3) is 0.455. The molecule has 4 N–H and O–H groups in total. The summed E-state index contributed by atoms with van der Waals surface area (Å²) in [6.45, 7) is 0.553. The first kappa shape index (κ1) is 14.4. The Morgan fingerprint density at radius 1 is 1.40 bits per heavy atom. The van der Waals surface area contributed by atoms with Crippen molar-refractivity contribution in [2.24, 2.45) is 5.84 Å². The van der Waals surface area contributed by atoms with Crippen molar-refractivity contribution in [2.75, 3.05) is 24.3 Å². The Morgan fingerprint density at radius 3 is 2.55 bits per heavy atom. The molecule has 0 radical (unpaired) electrons. The van der Waals surface area contributed by atoms with Gasteiger partial charge in [0.05, 0.1) is 5.56 Å². The van der Waals surface area contributed by atoms with Crippen molar-refractivity contribution in [2.45, 2.75) is 18.6 Å². The van der Waals surface area contributed by atoms with Gasteiger partial charge in [-0.2, -0.15) is 13.2 Å². The number of nitrogens with one attached hydrogen (secondary N) is 2. The van der Waals surface area contributed by atoms with E-state index in [9.17, 15) is 18.0 Å². The summed E-state index contributed by atoms with van der Waals surface area (Å²) >= 11 is 0. The lowest BCUT2D eigenvalue weighted by atomic mass is 10.2. The first-order chi connectivity index (χ1) is 9.31. The Labute approximate surface area is 113 Å². The quantitative estimate of drug-likeness (QED) is 0.572. The minimum Gasteiger partial charge on any atom is -0.358 e. The fourth-order valence-corrected chi connectivity index (χ4v) is 1.98. The SMILES string of the molecule is CN1CCC(Nc2cc(C(F)(F)F)cc(NN)n2)C1=O. The molecule has 1 aromatic rings. The number of pyridine rings is 1. The number of hydrazine groups is 1. The van der Waals surface area contributed by atoms with Crippen LogP contribution in [0.1, 0.15) is 12.0 Å². The first-order valence-corrected chi connectivity index (χ1v) is 5.88. The van der Waals surface area contributed by atoms with Crippen LogP contribution in [0.4, 0.5) is 24.8 Å². The highest BCUT2D eigenvalue weighted by Crippen LogP contribution is 2.32. The second-order valence-corrected chi connectivity index (χ2v) is 4.51. The third-order valence-electron chi connectivity index (χ3n) is 3.05. The van der Waals surface area contributed by atoms with E-state index in [2.05, 4.69) is 15.7 Å². The van der Waals surface area contributed by atoms with Crippen LogP contribution in [0.5, 0.6) is 0 Å². The second-order valence-electron chi connectivity index (χ2n) is 4.51. The van der Waals surface area contributed by atoms with Crippen LogP contribution in [-0.4, -0.2) is 35.4 Å². The number of likely N-dealkylation sites (tertiary alicyclic amines) is 1. The fourth-order valence-electron chi connectivity index (χ4n) is 1.98. The molecule has 1 amide bonds. The largest absolute Gasteiger partial charge is 0.416 e. The summed E-state index contributed by atoms with van der Waals surface area (Å²) in [4.78, 5) is 17.1. The summed E-state index contributed by atoms with van der Waals surface area (Å²) in [6, 6.07) is 1.09. The molecule has 110 valence electrons. The van der Waals surface area contributed by atoms with E-state index < -0.39 is 17.8 Å². The molecule has 0 bridgehead atoms. The summed E-state index contributed by atoms with van der Waals surface area (Å²) in [5, 5.41) is 2.71. The summed E-state index contributed by atoms with van der Waals surface area (Å²) in [6.07, 6.45) is -4.00. The summed E-state index contributed by atoms with van der Waals surface area (Å²) in [5.74, 6) is 4.77. The van der Waals surface area contributed by atoms with E-state index in [1.165, 1.54) is 4.90 Å². The van der Waals surface area contributed by atoms with Crippen LogP contribution in [0.3, 0.4) is 0 Å². The highest BCUT2D eigenvalue weighted by molar-refractivity contribution is 5.86. The van der Waals surface area contributed by atoms with Crippen LogP contribution >= 0.6 is 0 Å². The van der Waals surface area contributed by atoms with Crippen LogP contribution in [0.2, 0.25) is 0 Å². The van der Waals surface area contributed by atoms with Crippen molar-refractivity contribution in [3.8, 4) is 0 Å². The molecular weight excluding hydrogens is 275 g/mol. The van der Waals surface area contributed by atoms with Crippen LogP contribution < -0.4 is 16.6 Å². The molecule has 2 heterocycles. The molecule has 9 heteroatoms. The number of nitrogen functional groups attached to an aromatic ring is 1. The third kappa shape index (κ3) is 2.93. The zero-order chi connectivity index (χ0) is 14.9. The zero-order valence-electron chi connectivity index (χ0n) is 10.7. The predicted octanol–water partition coefficient (Wildman–Crippen LogP) is 1.03. The smallest absolute Gasteiger partial charge is 0.358 e. The number of halogens is 3. The summed E-state index contributed by atoms with van der Waals surface area (Å²) in [5.41, 5.74) is 1.19. The standard InChI is InChI=1S/C11H14F3N5O/c1-19-3-2-7(10(19)20)16-8-4-6(11(12,13)14)5-9(17-8)18-15/h4-5,7H,2-3,15H2,1H3,(H2,16,17,18). The van der Waals surface area contributed by atoms with Gasteiger partial charge in [0.2, 0.25) is 5.91 Å². The summed E-state index contributed by atoms with van der Waals surface area (Å²) in [7, 11) is 1.64. The lowest BCUT2D eigenvalue weighted by Crippen LogP contribution is -2.31. The van der Waals surface area contributed by atoms with E-state index in [1.54, 1.807) is 7.05 Å². The normalized spacial score (nSPS) is 19.4. The third-order valence-corrected chi connectivity index (χ3v) is 3.05. The van der Waals surface area contributed by atoms with E-state index >= 15 is 0 Å². The Morgan fingerprint density at radius 2 is 2.05 bits per heavy atom. The first-order valence-electron chi connectivity index (χ1n) is 5.88. The molecule has 1 aromatic heterocycles. The monoisotopic (exact) mass is 289 g/mol. The Balaban J connectivity index is 2.25. The number of anilines is 2. The van der Waals surface area contributed by atoms with E-state index in [4.69, 9.17) is 5.84 Å². The second kappa shape index (κ2) is 5.16. The number of carbonyl (C=O) groups is 1. The van der Waals surface area contributed by atoms with Crippen molar-refractivity contribution >= 4 is 17.5 Å². The molecule has 1 saturated heterocycles. The maximum absolute atomic E-state index is 12.7. The van der Waals surface area contributed by atoms with E-state index in [1.807, 2.05) is 0 Å². The molecule has 0 saturated carbocycles.